The number of carbonyl (C=O) groups excluding carboxylic acids is 1. The third-order valence-electron chi connectivity index (χ3n) is 4.79. The van der Waals surface area contributed by atoms with Crippen molar-refractivity contribution in [1.29, 1.82) is 0 Å². The Labute approximate surface area is 111 Å². The molecular weight excluding hydrogens is 224 g/mol. The van der Waals surface area contributed by atoms with Gasteiger partial charge in [0, 0.05) is 19.1 Å². The first-order valence-electron chi connectivity index (χ1n) is 7.70. The molecule has 0 heterocycles. The molecule has 1 N–H and O–H groups in total. The van der Waals surface area contributed by atoms with E-state index in [9.17, 15) is 4.79 Å². The second-order valence-electron chi connectivity index (χ2n) is 6.31. The molecule has 2 fully saturated rings. The molecule has 0 saturated heterocycles. The van der Waals surface area contributed by atoms with Crippen molar-refractivity contribution < 1.29 is 4.79 Å². The van der Waals surface area contributed by atoms with E-state index in [2.05, 4.69) is 12.2 Å². The second-order valence-corrected chi connectivity index (χ2v) is 6.31. The standard InChI is InChI=1S/C15H28N2O/c1-12-8-10-14(11-9-12)17(2)15(18)16-13-6-4-3-5-7-13/h12-14H,3-11H2,1-2H3,(H,16,18). The van der Waals surface area contributed by atoms with Crippen LogP contribution in [0.5, 0.6) is 0 Å². The number of hydrogen-bond acceptors (Lipinski definition) is 1. The molecule has 0 spiro atoms. The predicted octanol–water partition coefficient (Wildman–Crippen LogP) is 3.54. The van der Waals surface area contributed by atoms with Crippen LogP contribution in [-0.2, 0) is 0 Å². The molecule has 0 unspecified atom stereocenters. The van der Waals surface area contributed by atoms with Crippen LogP contribution in [0.15, 0.2) is 0 Å². The molecule has 0 bridgehead atoms. The Morgan fingerprint density at radius 1 is 1.00 bits per heavy atom. The zero-order valence-corrected chi connectivity index (χ0v) is 12.0. The van der Waals surface area contributed by atoms with Crippen molar-refractivity contribution in [2.24, 2.45) is 5.92 Å². The normalized spacial score (nSPS) is 29.9. The number of urea groups is 1. The highest BCUT2D eigenvalue weighted by atomic mass is 16.2. The molecule has 104 valence electrons. The van der Waals surface area contributed by atoms with Crippen LogP contribution in [0.4, 0.5) is 4.79 Å². The van der Waals surface area contributed by atoms with Crippen LogP contribution in [0.3, 0.4) is 0 Å². The van der Waals surface area contributed by atoms with Crippen molar-refractivity contribution in [3.05, 3.63) is 0 Å². The van der Waals surface area contributed by atoms with E-state index in [0.717, 1.165) is 5.92 Å². The molecule has 18 heavy (non-hydrogen) atoms. The molecule has 2 rings (SSSR count). The Hall–Kier alpha value is -0.730. The van der Waals surface area contributed by atoms with Crippen molar-refractivity contribution in [3.8, 4) is 0 Å². The fourth-order valence-electron chi connectivity index (χ4n) is 3.32. The lowest BCUT2D eigenvalue weighted by atomic mass is 9.87. The summed E-state index contributed by atoms with van der Waals surface area (Å²) < 4.78 is 0. The van der Waals surface area contributed by atoms with E-state index in [1.165, 1.54) is 57.8 Å². The topological polar surface area (TPSA) is 32.3 Å². The fourth-order valence-corrected chi connectivity index (χ4v) is 3.32. The van der Waals surface area contributed by atoms with E-state index in [-0.39, 0.29) is 6.03 Å². The zero-order chi connectivity index (χ0) is 13.0. The lowest BCUT2D eigenvalue weighted by molar-refractivity contribution is 0.158. The molecule has 2 aliphatic carbocycles. The van der Waals surface area contributed by atoms with E-state index in [1.54, 1.807) is 0 Å². The summed E-state index contributed by atoms with van der Waals surface area (Å²) in [5, 5.41) is 3.21. The van der Waals surface area contributed by atoms with Crippen molar-refractivity contribution in [3.63, 3.8) is 0 Å². The van der Waals surface area contributed by atoms with Crippen LogP contribution < -0.4 is 5.32 Å². The molecule has 0 aromatic rings. The minimum atomic E-state index is 0.154. The molecule has 2 amide bonds. The highest BCUT2D eigenvalue weighted by molar-refractivity contribution is 5.74. The Kier molecular flexibility index (Phi) is 4.90. The number of nitrogens with one attached hydrogen (secondary N) is 1. The van der Waals surface area contributed by atoms with Crippen LogP contribution in [0.2, 0.25) is 0 Å². The van der Waals surface area contributed by atoms with Crippen molar-refractivity contribution in [2.45, 2.75) is 76.8 Å². The van der Waals surface area contributed by atoms with E-state index < -0.39 is 0 Å². The maximum absolute atomic E-state index is 12.2. The molecule has 0 aliphatic heterocycles. The van der Waals surface area contributed by atoms with Gasteiger partial charge in [0.25, 0.3) is 0 Å². The Bertz CT molecular complexity index is 266. The highest BCUT2D eigenvalue weighted by Gasteiger charge is 2.26. The lowest BCUT2D eigenvalue weighted by Gasteiger charge is -2.35. The average molecular weight is 252 g/mol. The number of nitrogens with zero attached hydrogens (tertiary/aromatic N) is 1. The second kappa shape index (κ2) is 6.44. The van der Waals surface area contributed by atoms with Gasteiger partial charge in [0.1, 0.15) is 0 Å². The van der Waals surface area contributed by atoms with Gasteiger partial charge in [0.15, 0.2) is 0 Å². The molecule has 0 aromatic heterocycles. The van der Waals surface area contributed by atoms with Gasteiger partial charge < -0.3 is 10.2 Å². The quantitative estimate of drug-likeness (QED) is 0.801. The number of rotatable bonds is 2. The van der Waals surface area contributed by atoms with E-state index in [1.807, 2.05) is 11.9 Å². The molecule has 3 heteroatoms. The van der Waals surface area contributed by atoms with Crippen LogP contribution in [0, 0.1) is 5.92 Å². The fraction of sp³-hybridized carbons (Fsp3) is 0.933. The van der Waals surface area contributed by atoms with Crippen LogP contribution in [0.25, 0.3) is 0 Å². The van der Waals surface area contributed by atoms with E-state index in [4.69, 9.17) is 0 Å². The van der Waals surface area contributed by atoms with E-state index in [0.29, 0.717) is 12.1 Å². The van der Waals surface area contributed by atoms with Crippen molar-refractivity contribution in [1.82, 2.24) is 10.2 Å². The summed E-state index contributed by atoms with van der Waals surface area (Å²) >= 11 is 0. The van der Waals surface area contributed by atoms with Gasteiger partial charge in [-0.2, -0.15) is 0 Å². The summed E-state index contributed by atoms with van der Waals surface area (Å²) in [7, 11) is 1.97. The minimum Gasteiger partial charge on any atom is -0.335 e. The van der Waals surface area contributed by atoms with Gasteiger partial charge in [-0.25, -0.2) is 4.79 Å². The number of carbonyl (C=O) groups is 1. The number of amides is 2. The third kappa shape index (κ3) is 3.63. The summed E-state index contributed by atoms with van der Waals surface area (Å²) in [5.74, 6) is 0.844. The van der Waals surface area contributed by atoms with Gasteiger partial charge >= 0.3 is 6.03 Å². The van der Waals surface area contributed by atoms with E-state index >= 15 is 0 Å². The monoisotopic (exact) mass is 252 g/mol. The first kappa shape index (κ1) is 13.7. The Balaban J connectivity index is 1.77. The number of hydrogen-bond donors (Lipinski definition) is 1. The van der Waals surface area contributed by atoms with Crippen LogP contribution >= 0.6 is 0 Å². The van der Waals surface area contributed by atoms with Gasteiger partial charge in [-0.1, -0.05) is 26.2 Å². The molecular formula is C15H28N2O. The minimum absolute atomic E-state index is 0.154. The first-order chi connectivity index (χ1) is 8.66. The SMILES string of the molecule is CC1CCC(N(C)C(=O)NC2CCCCC2)CC1. The first-order valence-corrected chi connectivity index (χ1v) is 7.70. The highest BCUT2D eigenvalue weighted by Crippen LogP contribution is 2.26. The Morgan fingerprint density at radius 3 is 2.22 bits per heavy atom. The molecule has 0 aromatic carbocycles. The summed E-state index contributed by atoms with van der Waals surface area (Å²) in [5.41, 5.74) is 0. The predicted molar refractivity (Wildman–Crippen MR) is 74.6 cm³/mol. The third-order valence-corrected chi connectivity index (χ3v) is 4.79. The molecule has 0 radical (unpaired) electrons. The van der Waals surface area contributed by atoms with Crippen LogP contribution in [-0.4, -0.2) is 30.1 Å². The Morgan fingerprint density at radius 2 is 1.61 bits per heavy atom. The lowest BCUT2D eigenvalue weighted by Crippen LogP contribution is -2.48. The molecule has 0 atom stereocenters. The summed E-state index contributed by atoms with van der Waals surface area (Å²) in [6.07, 6.45) is 11.1. The molecule has 3 nitrogen and oxygen atoms in total. The van der Waals surface area contributed by atoms with Gasteiger partial charge in [0.05, 0.1) is 0 Å². The van der Waals surface area contributed by atoms with Crippen molar-refractivity contribution in [2.75, 3.05) is 7.05 Å². The van der Waals surface area contributed by atoms with Gasteiger partial charge in [-0.3, -0.25) is 0 Å². The van der Waals surface area contributed by atoms with Gasteiger partial charge in [-0.15, -0.1) is 0 Å². The summed E-state index contributed by atoms with van der Waals surface area (Å²) in [4.78, 5) is 14.2. The maximum Gasteiger partial charge on any atom is 0.317 e. The summed E-state index contributed by atoms with van der Waals surface area (Å²) in [6, 6.07) is 1.04. The van der Waals surface area contributed by atoms with Gasteiger partial charge in [0.2, 0.25) is 0 Å². The molecule has 2 aliphatic rings. The van der Waals surface area contributed by atoms with Crippen LogP contribution in [0.1, 0.15) is 64.7 Å². The average Bonchev–Trinajstić information content (AvgIpc) is 2.40. The smallest absolute Gasteiger partial charge is 0.317 e. The van der Waals surface area contributed by atoms with Gasteiger partial charge in [-0.05, 0) is 44.4 Å². The maximum atomic E-state index is 12.2. The van der Waals surface area contributed by atoms with Crippen molar-refractivity contribution >= 4 is 6.03 Å². The largest absolute Gasteiger partial charge is 0.335 e. The summed E-state index contributed by atoms with van der Waals surface area (Å²) in [6.45, 7) is 2.32. The zero-order valence-electron chi connectivity index (χ0n) is 12.0. The molecule has 2 saturated carbocycles.